The molecule has 0 radical (unpaired) electrons. The summed E-state index contributed by atoms with van der Waals surface area (Å²) in [5.74, 6) is -0.409. The lowest BCUT2D eigenvalue weighted by Crippen LogP contribution is -2.14. The molecule has 0 saturated heterocycles. The van der Waals surface area contributed by atoms with Crippen LogP contribution in [0.3, 0.4) is 0 Å². The van der Waals surface area contributed by atoms with Crippen LogP contribution in [-0.2, 0) is 21.6 Å². The van der Waals surface area contributed by atoms with Crippen molar-refractivity contribution >= 4 is 33.2 Å². The first kappa shape index (κ1) is 21.1. The molecule has 0 aliphatic carbocycles. The van der Waals surface area contributed by atoms with E-state index < -0.39 is 9.84 Å². The lowest BCUT2D eigenvalue weighted by Gasteiger charge is -2.08. The average molecular weight is 432 g/mol. The zero-order valence-electron chi connectivity index (χ0n) is 16.0. The van der Waals surface area contributed by atoms with E-state index in [0.29, 0.717) is 11.3 Å². The second-order valence-corrected chi connectivity index (χ2v) is 9.39. The number of hydrogen-bond donors (Lipinski definition) is 1. The number of anilines is 1. The summed E-state index contributed by atoms with van der Waals surface area (Å²) >= 11 is 1.53. The number of nitrogens with zero attached hydrogens (tertiary/aromatic N) is 2. The maximum atomic E-state index is 12.4. The van der Waals surface area contributed by atoms with E-state index in [0.717, 1.165) is 10.1 Å². The lowest BCUT2D eigenvalue weighted by molar-refractivity contribution is 0.102. The van der Waals surface area contributed by atoms with Crippen LogP contribution in [0, 0.1) is 0 Å². The van der Waals surface area contributed by atoms with Crippen molar-refractivity contribution in [1.29, 1.82) is 0 Å². The van der Waals surface area contributed by atoms with Crippen molar-refractivity contribution < 1.29 is 17.9 Å². The van der Waals surface area contributed by atoms with E-state index in [1.54, 1.807) is 6.20 Å². The number of aryl methyl sites for hydroxylation is 1. The Bertz CT molecular complexity index is 1080. The third-order valence-electron chi connectivity index (χ3n) is 4.13. The molecule has 0 aliphatic rings. The molecule has 0 unspecified atom stereocenters. The number of hydrogen-bond acceptors (Lipinski definition) is 6. The molecule has 0 aliphatic heterocycles. The fourth-order valence-electron chi connectivity index (χ4n) is 2.49. The summed E-state index contributed by atoms with van der Waals surface area (Å²) in [5.41, 5.74) is 1.03. The normalized spacial score (nSPS) is 11.4. The van der Waals surface area contributed by atoms with E-state index in [2.05, 4.69) is 10.3 Å². The maximum Gasteiger partial charge on any atom is 0.255 e. The van der Waals surface area contributed by atoms with Crippen molar-refractivity contribution in [3.8, 4) is 0 Å². The minimum absolute atomic E-state index is 0.0995. The van der Waals surface area contributed by atoms with Crippen LogP contribution in [0.4, 0.5) is 5.69 Å². The Morgan fingerprint density at radius 1 is 1.14 bits per heavy atom. The van der Waals surface area contributed by atoms with Crippen molar-refractivity contribution in [1.82, 2.24) is 9.55 Å². The van der Waals surface area contributed by atoms with Gasteiger partial charge in [0, 0.05) is 42.7 Å². The molecule has 3 aromatic rings. The van der Waals surface area contributed by atoms with E-state index >= 15 is 0 Å². The Kier molecular flexibility index (Phi) is 6.73. The van der Waals surface area contributed by atoms with Crippen molar-refractivity contribution in [3.05, 3.63) is 66.5 Å². The SMILES string of the molecule is COCCS(=O)(=O)c1ccc(C(=O)Nc2ccc(Sc3nccn3C)cc2)cc1. The van der Waals surface area contributed by atoms with Crippen LogP contribution in [0.2, 0.25) is 0 Å². The number of sulfone groups is 1. The van der Waals surface area contributed by atoms with E-state index in [9.17, 15) is 13.2 Å². The smallest absolute Gasteiger partial charge is 0.255 e. The van der Waals surface area contributed by atoms with E-state index in [1.165, 1.54) is 43.1 Å². The number of carbonyl (C=O) groups excluding carboxylic acids is 1. The quantitative estimate of drug-likeness (QED) is 0.589. The van der Waals surface area contributed by atoms with Gasteiger partial charge in [-0.25, -0.2) is 13.4 Å². The van der Waals surface area contributed by atoms with Crippen molar-refractivity contribution in [2.75, 3.05) is 24.8 Å². The van der Waals surface area contributed by atoms with Gasteiger partial charge in [-0.2, -0.15) is 0 Å². The molecule has 7 nitrogen and oxygen atoms in total. The monoisotopic (exact) mass is 431 g/mol. The highest BCUT2D eigenvalue weighted by Gasteiger charge is 2.15. The maximum absolute atomic E-state index is 12.4. The molecule has 0 saturated carbocycles. The highest BCUT2D eigenvalue weighted by molar-refractivity contribution is 7.99. The van der Waals surface area contributed by atoms with Gasteiger partial charge in [0.1, 0.15) is 0 Å². The molecule has 1 aromatic heterocycles. The largest absolute Gasteiger partial charge is 0.384 e. The molecule has 0 fully saturated rings. The molecule has 9 heteroatoms. The van der Waals surface area contributed by atoms with Gasteiger partial charge in [0.25, 0.3) is 5.91 Å². The number of imidazole rings is 1. The molecule has 2 aromatic carbocycles. The van der Waals surface area contributed by atoms with Gasteiger partial charge < -0.3 is 14.6 Å². The van der Waals surface area contributed by atoms with E-state index in [1.807, 2.05) is 42.1 Å². The Balaban J connectivity index is 1.63. The molecule has 0 bridgehead atoms. The molecule has 0 atom stereocenters. The van der Waals surface area contributed by atoms with Crippen molar-refractivity contribution in [2.24, 2.45) is 7.05 Å². The van der Waals surface area contributed by atoms with Gasteiger partial charge >= 0.3 is 0 Å². The molecule has 1 N–H and O–H groups in total. The third-order valence-corrected chi connectivity index (χ3v) is 6.91. The van der Waals surface area contributed by atoms with E-state index in [-0.39, 0.29) is 23.2 Å². The van der Waals surface area contributed by atoms with Gasteiger partial charge in [-0.1, -0.05) is 11.8 Å². The van der Waals surface area contributed by atoms with Crippen LogP contribution in [-0.4, -0.2) is 43.3 Å². The molecular formula is C20H21N3O4S2. The summed E-state index contributed by atoms with van der Waals surface area (Å²) in [7, 11) is -0.0394. The highest BCUT2D eigenvalue weighted by atomic mass is 32.2. The average Bonchev–Trinajstić information content (AvgIpc) is 3.12. The van der Waals surface area contributed by atoms with E-state index in [4.69, 9.17) is 4.74 Å². The zero-order chi connectivity index (χ0) is 20.9. The van der Waals surface area contributed by atoms with Gasteiger partial charge in [-0.05, 0) is 48.5 Å². The molecule has 0 spiro atoms. The number of benzene rings is 2. The van der Waals surface area contributed by atoms with Gasteiger partial charge in [0.15, 0.2) is 15.0 Å². The lowest BCUT2D eigenvalue weighted by atomic mass is 10.2. The molecule has 152 valence electrons. The van der Waals surface area contributed by atoms with Crippen molar-refractivity contribution in [3.63, 3.8) is 0 Å². The Morgan fingerprint density at radius 2 is 1.83 bits per heavy atom. The Hall–Kier alpha value is -2.62. The summed E-state index contributed by atoms with van der Waals surface area (Å²) < 4.78 is 31.0. The summed E-state index contributed by atoms with van der Waals surface area (Å²) in [6.07, 6.45) is 3.62. The molecule has 1 heterocycles. The van der Waals surface area contributed by atoms with Crippen LogP contribution in [0.15, 0.2) is 75.9 Å². The first-order valence-electron chi connectivity index (χ1n) is 8.77. The number of aromatic nitrogens is 2. The van der Waals surface area contributed by atoms with Crippen LogP contribution >= 0.6 is 11.8 Å². The number of methoxy groups -OCH3 is 1. The molecule has 29 heavy (non-hydrogen) atoms. The second-order valence-electron chi connectivity index (χ2n) is 6.24. The van der Waals surface area contributed by atoms with Crippen LogP contribution in [0.25, 0.3) is 0 Å². The number of nitrogens with one attached hydrogen (secondary N) is 1. The summed E-state index contributed by atoms with van der Waals surface area (Å²) in [5, 5.41) is 3.69. The molecule has 3 rings (SSSR count). The summed E-state index contributed by atoms with van der Waals surface area (Å²) in [6.45, 7) is 0.124. The first-order chi connectivity index (χ1) is 13.9. The van der Waals surface area contributed by atoms with Gasteiger partial charge in [0.2, 0.25) is 0 Å². The Morgan fingerprint density at radius 3 is 2.41 bits per heavy atom. The van der Waals surface area contributed by atoms with Crippen LogP contribution in [0.5, 0.6) is 0 Å². The third kappa shape index (κ3) is 5.47. The zero-order valence-corrected chi connectivity index (χ0v) is 17.7. The van der Waals surface area contributed by atoms with Crippen molar-refractivity contribution in [2.45, 2.75) is 14.9 Å². The Labute approximate surface area is 174 Å². The minimum atomic E-state index is -3.42. The molecule has 1 amide bonds. The predicted octanol–water partition coefficient (Wildman–Crippen LogP) is 3.24. The van der Waals surface area contributed by atoms with Gasteiger partial charge in [-0.15, -0.1) is 0 Å². The number of amides is 1. The van der Waals surface area contributed by atoms with Crippen LogP contribution < -0.4 is 5.32 Å². The number of ether oxygens (including phenoxy) is 1. The second kappa shape index (κ2) is 9.25. The van der Waals surface area contributed by atoms with Gasteiger partial charge in [-0.3, -0.25) is 4.79 Å². The van der Waals surface area contributed by atoms with Crippen LogP contribution in [0.1, 0.15) is 10.4 Å². The van der Waals surface area contributed by atoms with Gasteiger partial charge in [0.05, 0.1) is 17.3 Å². The standard InChI is InChI=1S/C20H21N3O4S2/c1-23-12-11-21-20(23)28-17-7-5-16(6-8-17)22-19(24)15-3-9-18(10-4-15)29(25,26)14-13-27-2/h3-12H,13-14H2,1-2H3,(H,22,24). The number of carbonyl (C=O) groups is 1. The first-order valence-corrected chi connectivity index (χ1v) is 11.2. The highest BCUT2D eigenvalue weighted by Crippen LogP contribution is 2.27. The summed E-state index contributed by atoms with van der Waals surface area (Å²) in [4.78, 5) is 17.9. The predicted molar refractivity (Wildman–Crippen MR) is 112 cm³/mol. The minimum Gasteiger partial charge on any atom is -0.384 e. The fraction of sp³-hybridized carbons (Fsp3) is 0.200. The fourth-order valence-corrected chi connectivity index (χ4v) is 4.46. The topological polar surface area (TPSA) is 90.3 Å². The molecular weight excluding hydrogens is 410 g/mol. The summed E-state index contributed by atoms with van der Waals surface area (Å²) in [6, 6.07) is 13.3. The number of rotatable bonds is 8.